The Balaban J connectivity index is 2.09. The van der Waals surface area contributed by atoms with Gasteiger partial charge >= 0.3 is 5.97 Å². The van der Waals surface area contributed by atoms with Gasteiger partial charge in [-0.1, -0.05) is 13.0 Å². The number of nitrogens with one attached hydrogen (secondary N) is 1. The van der Waals surface area contributed by atoms with Crippen molar-refractivity contribution in [2.24, 2.45) is 0 Å². The van der Waals surface area contributed by atoms with E-state index in [0.717, 1.165) is 11.1 Å². The van der Waals surface area contributed by atoms with Crippen LogP contribution in [0.4, 0.5) is 4.39 Å². The van der Waals surface area contributed by atoms with Gasteiger partial charge in [0.15, 0.2) is 16.4 Å². The van der Waals surface area contributed by atoms with E-state index < -0.39 is 34.3 Å². The third kappa shape index (κ3) is 4.12. The minimum atomic E-state index is -3.39. The fourth-order valence-corrected chi connectivity index (χ4v) is 4.10. The first-order chi connectivity index (χ1) is 12.8. The molecular weight excluding hydrogens is 373 g/mol. The maximum atomic E-state index is 13.9. The van der Waals surface area contributed by atoms with Gasteiger partial charge in [0.05, 0.1) is 16.7 Å². The van der Waals surface area contributed by atoms with Crippen molar-refractivity contribution in [2.75, 3.05) is 18.9 Å². The maximum Gasteiger partial charge on any atom is 0.341 e. The molecule has 0 saturated carbocycles. The number of carbonyl (C=O) groups is 1. The average Bonchev–Trinajstić information content (AvgIpc) is 2.66. The van der Waals surface area contributed by atoms with E-state index >= 15 is 0 Å². The van der Waals surface area contributed by atoms with Gasteiger partial charge in [-0.25, -0.2) is 17.6 Å². The number of carboxylic acid groups (broad SMARTS) is 1. The molecule has 2 N–H and O–H groups in total. The zero-order valence-electron chi connectivity index (χ0n) is 14.7. The zero-order chi connectivity index (χ0) is 19.6. The molecule has 1 atom stereocenters. The van der Waals surface area contributed by atoms with E-state index in [-0.39, 0.29) is 16.4 Å². The lowest BCUT2D eigenvalue weighted by atomic mass is 9.89. The molecule has 27 heavy (non-hydrogen) atoms. The molecule has 2 aromatic rings. The summed E-state index contributed by atoms with van der Waals surface area (Å²) in [6.07, 6.45) is 0.707. The SMILES string of the molecule is CCS(=O)(=O)c1ccc2c(c1)C(c1cc(F)ccc1OCC(=O)O)NCC2. The molecule has 1 heterocycles. The molecule has 0 fully saturated rings. The van der Waals surface area contributed by atoms with E-state index in [4.69, 9.17) is 9.84 Å². The van der Waals surface area contributed by atoms with Gasteiger partial charge in [-0.2, -0.15) is 0 Å². The molecule has 1 aliphatic rings. The predicted molar refractivity (Wildman–Crippen MR) is 97.2 cm³/mol. The number of sulfone groups is 1. The van der Waals surface area contributed by atoms with Crippen LogP contribution in [0, 0.1) is 5.82 Å². The molecule has 0 radical (unpaired) electrons. The minimum absolute atomic E-state index is 0.0170. The second-order valence-corrected chi connectivity index (χ2v) is 8.54. The van der Waals surface area contributed by atoms with Crippen molar-refractivity contribution >= 4 is 15.8 Å². The quantitative estimate of drug-likeness (QED) is 0.783. The number of rotatable bonds is 6. The fourth-order valence-electron chi connectivity index (χ4n) is 3.18. The molecule has 0 spiro atoms. The Kier molecular flexibility index (Phi) is 5.48. The van der Waals surface area contributed by atoms with Crippen molar-refractivity contribution in [2.45, 2.75) is 24.3 Å². The van der Waals surface area contributed by atoms with E-state index in [0.29, 0.717) is 18.5 Å². The van der Waals surface area contributed by atoms with Gasteiger partial charge in [-0.05, 0) is 47.9 Å². The normalized spacial score (nSPS) is 16.6. The van der Waals surface area contributed by atoms with Crippen LogP contribution in [0.2, 0.25) is 0 Å². The van der Waals surface area contributed by atoms with Gasteiger partial charge in [0.1, 0.15) is 11.6 Å². The van der Waals surface area contributed by atoms with Crippen molar-refractivity contribution in [1.82, 2.24) is 5.32 Å². The summed E-state index contributed by atoms with van der Waals surface area (Å²) in [5.74, 6) is -1.40. The highest BCUT2D eigenvalue weighted by Crippen LogP contribution is 2.36. The minimum Gasteiger partial charge on any atom is -0.482 e. The number of ether oxygens (including phenoxy) is 1. The third-order valence-electron chi connectivity index (χ3n) is 4.54. The number of hydrogen-bond donors (Lipinski definition) is 2. The summed E-state index contributed by atoms with van der Waals surface area (Å²) in [5.41, 5.74) is 2.12. The Labute approximate surface area is 156 Å². The first-order valence-corrected chi connectivity index (χ1v) is 10.2. The van der Waals surface area contributed by atoms with Crippen LogP contribution in [0.3, 0.4) is 0 Å². The van der Waals surface area contributed by atoms with Gasteiger partial charge in [0.2, 0.25) is 0 Å². The topological polar surface area (TPSA) is 92.7 Å². The number of halogens is 1. The van der Waals surface area contributed by atoms with Crippen molar-refractivity contribution in [3.8, 4) is 5.75 Å². The molecule has 2 aromatic carbocycles. The summed E-state index contributed by atoms with van der Waals surface area (Å²) in [4.78, 5) is 11.0. The van der Waals surface area contributed by atoms with E-state index in [1.54, 1.807) is 25.1 Å². The monoisotopic (exact) mass is 393 g/mol. The molecule has 1 aliphatic heterocycles. The summed E-state index contributed by atoms with van der Waals surface area (Å²) in [5, 5.41) is 12.1. The van der Waals surface area contributed by atoms with E-state index in [1.807, 2.05) is 0 Å². The molecular formula is C19H20FNO5S. The Morgan fingerprint density at radius 2 is 2.04 bits per heavy atom. The first kappa shape index (κ1) is 19.3. The predicted octanol–water partition coefficient (Wildman–Crippen LogP) is 2.32. The van der Waals surface area contributed by atoms with Crippen LogP contribution in [0.15, 0.2) is 41.3 Å². The molecule has 0 amide bonds. The fraction of sp³-hybridized carbons (Fsp3) is 0.316. The number of hydrogen-bond acceptors (Lipinski definition) is 5. The summed E-state index contributed by atoms with van der Waals surface area (Å²) in [6.45, 7) is 1.64. The summed E-state index contributed by atoms with van der Waals surface area (Å²) in [6, 6.07) is 8.34. The highest BCUT2D eigenvalue weighted by molar-refractivity contribution is 7.91. The van der Waals surface area contributed by atoms with Crippen molar-refractivity contribution in [3.63, 3.8) is 0 Å². The van der Waals surface area contributed by atoms with Crippen LogP contribution in [-0.2, 0) is 21.1 Å². The van der Waals surface area contributed by atoms with Crippen LogP contribution in [0.1, 0.15) is 29.7 Å². The van der Waals surface area contributed by atoms with Crippen molar-refractivity contribution < 1.29 is 27.4 Å². The lowest BCUT2D eigenvalue weighted by Crippen LogP contribution is -2.31. The average molecular weight is 393 g/mol. The lowest BCUT2D eigenvalue weighted by molar-refractivity contribution is -0.139. The van der Waals surface area contributed by atoms with Crippen LogP contribution >= 0.6 is 0 Å². The highest BCUT2D eigenvalue weighted by atomic mass is 32.2. The van der Waals surface area contributed by atoms with Gasteiger partial charge in [0.25, 0.3) is 0 Å². The maximum absolute atomic E-state index is 13.9. The van der Waals surface area contributed by atoms with Crippen molar-refractivity contribution in [3.05, 3.63) is 58.9 Å². The van der Waals surface area contributed by atoms with Gasteiger partial charge in [0, 0.05) is 12.1 Å². The Bertz CT molecular complexity index is 974. The molecule has 144 valence electrons. The van der Waals surface area contributed by atoms with Crippen LogP contribution < -0.4 is 10.1 Å². The second kappa shape index (κ2) is 7.66. The zero-order valence-corrected chi connectivity index (χ0v) is 15.6. The van der Waals surface area contributed by atoms with Gasteiger partial charge in [-0.15, -0.1) is 0 Å². The standard InChI is InChI=1S/C19H20FNO5S/c1-2-27(24,25)14-5-3-12-7-8-21-19(15(12)10-14)16-9-13(20)4-6-17(16)26-11-18(22)23/h3-6,9-10,19,21H,2,7-8,11H2,1H3,(H,22,23). The molecule has 0 aromatic heterocycles. The Hall–Kier alpha value is -2.45. The number of carboxylic acids is 1. The highest BCUT2D eigenvalue weighted by Gasteiger charge is 2.26. The molecule has 8 heteroatoms. The van der Waals surface area contributed by atoms with Gasteiger partial charge in [-0.3, -0.25) is 0 Å². The van der Waals surface area contributed by atoms with E-state index in [9.17, 15) is 17.6 Å². The molecule has 0 aliphatic carbocycles. The molecule has 0 saturated heterocycles. The molecule has 0 bridgehead atoms. The molecule has 3 rings (SSSR count). The van der Waals surface area contributed by atoms with Crippen molar-refractivity contribution in [1.29, 1.82) is 0 Å². The summed E-state index contributed by atoms with van der Waals surface area (Å²) >= 11 is 0. The van der Waals surface area contributed by atoms with Crippen LogP contribution in [-0.4, -0.2) is 38.4 Å². The largest absolute Gasteiger partial charge is 0.482 e. The van der Waals surface area contributed by atoms with E-state index in [2.05, 4.69) is 5.32 Å². The second-order valence-electron chi connectivity index (χ2n) is 6.27. The first-order valence-electron chi connectivity index (χ1n) is 8.55. The number of benzene rings is 2. The lowest BCUT2D eigenvalue weighted by Gasteiger charge is -2.29. The van der Waals surface area contributed by atoms with Crippen LogP contribution in [0.5, 0.6) is 5.75 Å². The smallest absolute Gasteiger partial charge is 0.341 e. The van der Waals surface area contributed by atoms with E-state index in [1.165, 1.54) is 18.2 Å². The third-order valence-corrected chi connectivity index (χ3v) is 6.28. The summed E-state index contributed by atoms with van der Waals surface area (Å²) in [7, 11) is -3.39. The Morgan fingerprint density at radius 1 is 1.26 bits per heavy atom. The number of fused-ring (bicyclic) bond motifs is 1. The molecule has 1 unspecified atom stereocenters. The summed E-state index contributed by atoms with van der Waals surface area (Å²) < 4.78 is 43.7. The van der Waals surface area contributed by atoms with Crippen LogP contribution in [0.25, 0.3) is 0 Å². The Morgan fingerprint density at radius 3 is 2.74 bits per heavy atom. The molecule has 6 nitrogen and oxygen atoms in total. The number of aliphatic carboxylic acids is 1. The van der Waals surface area contributed by atoms with Gasteiger partial charge < -0.3 is 15.2 Å².